The van der Waals surface area contributed by atoms with E-state index in [1.165, 1.54) is 0 Å². The van der Waals surface area contributed by atoms with Gasteiger partial charge in [-0.25, -0.2) is 0 Å². The van der Waals surface area contributed by atoms with Crippen LogP contribution in [0.25, 0.3) is 0 Å². The molecule has 0 radical (unpaired) electrons. The normalized spacial score (nSPS) is 10.1. The second kappa shape index (κ2) is 4.65. The Kier molecular flexibility index (Phi) is 3.23. The van der Waals surface area contributed by atoms with Gasteiger partial charge < -0.3 is 9.84 Å². The van der Waals surface area contributed by atoms with Crippen molar-refractivity contribution in [3.8, 4) is 0 Å². The van der Waals surface area contributed by atoms with Crippen LogP contribution in [0.15, 0.2) is 34.9 Å². The third-order valence-electron chi connectivity index (χ3n) is 1.96. The zero-order chi connectivity index (χ0) is 11.5. The topological polar surface area (TPSA) is 55.1 Å². The van der Waals surface area contributed by atoms with E-state index in [2.05, 4.69) is 33.1 Å². The van der Waals surface area contributed by atoms with Crippen LogP contribution in [0.1, 0.15) is 16.2 Å². The number of halogens is 1. The molecule has 1 aromatic heterocycles. The van der Waals surface area contributed by atoms with Crippen LogP contribution < -0.4 is 5.32 Å². The standard InChI is InChI=1S/C11H9IN2O2/c1-7-6-10(14-16-7)11(15)13-9-4-2-8(12)3-5-9/h2-6H,1H3,(H,13,15). The summed E-state index contributed by atoms with van der Waals surface area (Å²) in [4.78, 5) is 11.7. The molecular weight excluding hydrogens is 319 g/mol. The Labute approximate surface area is 106 Å². The largest absolute Gasteiger partial charge is 0.361 e. The van der Waals surface area contributed by atoms with Gasteiger partial charge in [0.05, 0.1) is 0 Å². The number of aryl methyl sites for hydroxylation is 1. The van der Waals surface area contributed by atoms with Gasteiger partial charge in [0.2, 0.25) is 0 Å². The lowest BCUT2D eigenvalue weighted by Gasteiger charge is -2.01. The number of aromatic nitrogens is 1. The van der Waals surface area contributed by atoms with Crippen molar-refractivity contribution in [3.63, 3.8) is 0 Å². The lowest BCUT2D eigenvalue weighted by Crippen LogP contribution is -2.11. The van der Waals surface area contributed by atoms with E-state index in [1.807, 2.05) is 24.3 Å². The van der Waals surface area contributed by atoms with Crippen LogP contribution in [0.3, 0.4) is 0 Å². The van der Waals surface area contributed by atoms with E-state index in [0.717, 1.165) is 9.26 Å². The molecule has 0 bridgehead atoms. The number of carbonyl (C=O) groups excluding carboxylic acids is 1. The average molecular weight is 328 g/mol. The van der Waals surface area contributed by atoms with Gasteiger partial charge >= 0.3 is 0 Å². The van der Waals surface area contributed by atoms with Gasteiger partial charge in [0.1, 0.15) is 5.76 Å². The Morgan fingerprint density at radius 1 is 1.38 bits per heavy atom. The molecule has 0 aliphatic rings. The molecule has 1 heterocycles. The number of hydrogen-bond donors (Lipinski definition) is 1. The summed E-state index contributed by atoms with van der Waals surface area (Å²) < 4.78 is 5.95. The Morgan fingerprint density at radius 3 is 2.62 bits per heavy atom. The molecule has 5 heteroatoms. The van der Waals surface area contributed by atoms with Crippen molar-refractivity contribution in [2.75, 3.05) is 5.32 Å². The smallest absolute Gasteiger partial charge is 0.277 e. The third-order valence-corrected chi connectivity index (χ3v) is 2.68. The lowest BCUT2D eigenvalue weighted by molar-refractivity contribution is 0.101. The molecule has 0 saturated heterocycles. The van der Waals surface area contributed by atoms with E-state index in [-0.39, 0.29) is 11.6 Å². The van der Waals surface area contributed by atoms with Crippen molar-refractivity contribution in [3.05, 3.63) is 45.4 Å². The van der Waals surface area contributed by atoms with Crippen LogP contribution >= 0.6 is 22.6 Å². The van der Waals surface area contributed by atoms with Crippen molar-refractivity contribution in [2.45, 2.75) is 6.92 Å². The maximum absolute atomic E-state index is 11.7. The Balaban J connectivity index is 2.10. The summed E-state index contributed by atoms with van der Waals surface area (Å²) in [6.45, 7) is 1.74. The summed E-state index contributed by atoms with van der Waals surface area (Å²) in [7, 11) is 0. The van der Waals surface area contributed by atoms with E-state index >= 15 is 0 Å². The number of rotatable bonds is 2. The summed E-state index contributed by atoms with van der Waals surface area (Å²) in [6, 6.07) is 9.12. The van der Waals surface area contributed by atoms with Crippen molar-refractivity contribution < 1.29 is 9.32 Å². The minimum atomic E-state index is -0.266. The molecule has 0 aliphatic carbocycles. The summed E-state index contributed by atoms with van der Waals surface area (Å²) in [5.74, 6) is 0.353. The quantitative estimate of drug-likeness (QED) is 0.863. The monoisotopic (exact) mass is 328 g/mol. The molecular formula is C11H9IN2O2. The van der Waals surface area contributed by atoms with E-state index in [9.17, 15) is 4.79 Å². The fourth-order valence-corrected chi connectivity index (χ4v) is 1.56. The predicted octanol–water partition coefficient (Wildman–Crippen LogP) is 2.84. The van der Waals surface area contributed by atoms with Gasteiger partial charge in [-0.1, -0.05) is 5.16 Å². The molecule has 1 N–H and O–H groups in total. The first-order valence-electron chi connectivity index (χ1n) is 4.65. The van der Waals surface area contributed by atoms with Gasteiger partial charge in [0.15, 0.2) is 5.69 Å². The van der Waals surface area contributed by atoms with Crippen molar-refractivity contribution in [1.82, 2.24) is 5.16 Å². The molecule has 4 nitrogen and oxygen atoms in total. The van der Waals surface area contributed by atoms with E-state index in [1.54, 1.807) is 13.0 Å². The number of benzene rings is 1. The van der Waals surface area contributed by atoms with E-state index in [4.69, 9.17) is 4.52 Å². The summed E-state index contributed by atoms with van der Waals surface area (Å²) >= 11 is 2.21. The highest BCUT2D eigenvalue weighted by Crippen LogP contribution is 2.12. The zero-order valence-electron chi connectivity index (χ0n) is 8.53. The minimum absolute atomic E-state index is 0.266. The van der Waals surface area contributed by atoms with Crippen LogP contribution in [-0.4, -0.2) is 11.1 Å². The fourth-order valence-electron chi connectivity index (χ4n) is 1.20. The zero-order valence-corrected chi connectivity index (χ0v) is 10.7. The summed E-state index contributed by atoms with van der Waals surface area (Å²) in [6.07, 6.45) is 0. The van der Waals surface area contributed by atoms with E-state index < -0.39 is 0 Å². The SMILES string of the molecule is Cc1cc(C(=O)Nc2ccc(I)cc2)no1. The summed E-state index contributed by atoms with van der Waals surface area (Å²) in [5, 5.41) is 6.37. The van der Waals surface area contributed by atoms with Gasteiger partial charge in [-0.05, 0) is 53.8 Å². The highest BCUT2D eigenvalue weighted by atomic mass is 127. The molecule has 82 valence electrons. The number of carbonyl (C=O) groups is 1. The van der Waals surface area contributed by atoms with Crippen molar-refractivity contribution in [1.29, 1.82) is 0 Å². The van der Waals surface area contributed by atoms with E-state index in [0.29, 0.717) is 5.76 Å². The molecule has 2 aromatic rings. The molecule has 0 unspecified atom stereocenters. The number of nitrogens with zero attached hydrogens (tertiary/aromatic N) is 1. The van der Waals surface area contributed by atoms with Crippen LogP contribution in [0, 0.1) is 10.5 Å². The minimum Gasteiger partial charge on any atom is -0.361 e. The number of nitrogens with one attached hydrogen (secondary N) is 1. The first-order chi connectivity index (χ1) is 7.65. The average Bonchev–Trinajstić information content (AvgIpc) is 2.68. The Bertz CT molecular complexity index is 505. The molecule has 0 saturated carbocycles. The van der Waals surface area contributed by atoms with Gasteiger partial charge in [-0.15, -0.1) is 0 Å². The highest BCUT2D eigenvalue weighted by Gasteiger charge is 2.10. The van der Waals surface area contributed by atoms with Gasteiger partial charge in [0, 0.05) is 15.3 Å². The first-order valence-corrected chi connectivity index (χ1v) is 5.73. The van der Waals surface area contributed by atoms with Gasteiger partial charge in [-0.3, -0.25) is 4.79 Å². The second-order valence-corrected chi connectivity index (χ2v) is 4.53. The molecule has 16 heavy (non-hydrogen) atoms. The van der Waals surface area contributed by atoms with Crippen LogP contribution in [-0.2, 0) is 0 Å². The molecule has 0 spiro atoms. The maximum Gasteiger partial charge on any atom is 0.277 e. The van der Waals surface area contributed by atoms with Crippen molar-refractivity contribution >= 4 is 34.2 Å². The molecule has 2 rings (SSSR count). The third kappa shape index (κ3) is 2.60. The fraction of sp³-hybridized carbons (Fsp3) is 0.0909. The molecule has 0 aliphatic heterocycles. The Morgan fingerprint density at radius 2 is 2.06 bits per heavy atom. The number of amides is 1. The van der Waals surface area contributed by atoms with Crippen LogP contribution in [0.4, 0.5) is 5.69 Å². The molecule has 0 fully saturated rings. The second-order valence-electron chi connectivity index (χ2n) is 3.28. The van der Waals surface area contributed by atoms with Gasteiger partial charge in [-0.2, -0.15) is 0 Å². The number of anilines is 1. The predicted molar refractivity (Wildman–Crippen MR) is 68.4 cm³/mol. The lowest BCUT2D eigenvalue weighted by atomic mass is 10.3. The molecule has 0 atom stereocenters. The number of hydrogen-bond acceptors (Lipinski definition) is 3. The Hall–Kier alpha value is -1.37. The first kappa shape index (κ1) is 11.1. The molecule has 1 aromatic carbocycles. The van der Waals surface area contributed by atoms with Gasteiger partial charge in [0.25, 0.3) is 5.91 Å². The molecule has 1 amide bonds. The maximum atomic E-state index is 11.7. The summed E-state index contributed by atoms with van der Waals surface area (Å²) in [5.41, 5.74) is 1.03. The van der Waals surface area contributed by atoms with Crippen LogP contribution in [0.2, 0.25) is 0 Å². The van der Waals surface area contributed by atoms with Crippen LogP contribution in [0.5, 0.6) is 0 Å². The highest BCUT2D eigenvalue weighted by molar-refractivity contribution is 14.1. The van der Waals surface area contributed by atoms with Crippen molar-refractivity contribution in [2.24, 2.45) is 0 Å².